The fourth-order valence-electron chi connectivity index (χ4n) is 1.30. The lowest BCUT2D eigenvalue weighted by atomic mass is 10.1. The Morgan fingerprint density at radius 2 is 2.00 bits per heavy atom. The zero-order chi connectivity index (χ0) is 10.5. The molecule has 0 aliphatic heterocycles. The van der Waals surface area contributed by atoms with Gasteiger partial charge < -0.3 is 0 Å². The molecule has 0 N–H and O–H groups in total. The van der Waals surface area contributed by atoms with Crippen molar-refractivity contribution in [1.82, 2.24) is 9.97 Å². The summed E-state index contributed by atoms with van der Waals surface area (Å²) in [7, 11) is 0. The number of carbonyl (C=O) groups excluding carboxylic acids is 1. The lowest BCUT2D eigenvalue weighted by Gasteiger charge is -1.98. The Labute approximate surface area is 91.8 Å². The molecule has 0 spiro atoms. The van der Waals surface area contributed by atoms with E-state index in [-0.39, 0.29) is 5.78 Å². The van der Waals surface area contributed by atoms with Crippen LogP contribution in [0.5, 0.6) is 0 Å². The second-order valence-electron chi connectivity index (χ2n) is 3.17. The molecule has 2 aromatic heterocycles. The van der Waals surface area contributed by atoms with Crippen LogP contribution in [0.3, 0.4) is 0 Å². The SMILES string of the molecule is O=C(Cc1ccncc1)Cc1nccs1. The predicted octanol–water partition coefficient (Wildman–Crippen LogP) is 1.89. The lowest BCUT2D eigenvalue weighted by molar-refractivity contribution is -0.117. The third-order valence-electron chi connectivity index (χ3n) is 1.98. The first-order valence-electron chi connectivity index (χ1n) is 4.63. The first-order valence-corrected chi connectivity index (χ1v) is 5.51. The molecule has 0 saturated heterocycles. The number of pyridine rings is 1. The Hall–Kier alpha value is -1.55. The van der Waals surface area contributed by atoms with Crippen LogP contribution in [0.2, 0.25) is 0 Å². The van der Waals surface area contributed by atoms with Gasteiger partial charge in [0.25, 0.3) is 0 Å². The Balaban J connectivity index is 1.94. The van der Waals surface area contributed by atoms with Gasteiger partial charge in [-0.15, -0.1) is 11.3 Å². The topological polar surface area (TPSA) is 42.9 Å². The highest BCUT2D eigenvalue weighted by Gasteiger charge is 2.06. The van der Waals surface area contributed by atoms with Crippen molar-refractivity contribution in [2.75, 3.05) is 0 Å². The smallest absolute Gasteiger partial charge is 0.144 e. The van der Waals surface area contributed by atoms with Crippen LogP contribution >= 0.6 is 11.3 Å². The highest BCUT2D eigenvalue weighted by atomic mass is 32.1. The minimum Gasteiger partial charge on any atom is -0.299 e. The van der Waals surface area contributed by atoms with Crippen LogP contribution in [0, 0.1) is 0 Å². The first-order chi connectivity index (χ1) is 7.34. The summed E-state index contributed by atoms with van der Waals surface area (Å²) in [5.74, 6) is 0.191. The maximum Gasteiger partial charge on any atom is 0.144 e. The van der Waals surface area contributed by atoms with Crippen molar-refractivity contribution in [3.8, 4) is 0 Å². The number of carbonyl (C=O) groups is 1. The molecule has 0 aliphatic carbocycles. The Morgan fingerprint density at radius 1 is 1.20 bits per heavy atom. The van der Waals surface area contributed by atoms with Crippen molar-refractivity contribution in [3.05, 3.63) is 46.7 Å². The Bertz CT molecular complexity index is 425. The van der Waals surface area contributed by atoms with Crippen molar-refractivity contribution in [3.63, 3.8) is 0 Å². The predicted molar refractivity (Wildman–Crippen MR) is 58.8 cm³/mol. The average molecular weight is 218 g/mol. The van der Waals surface area contributed by atoms with Gasteiger partial charge in [0.1, 0.15) is 5.78 Å². The minimum absolute atomic E-state index is 0.191. The van der Waals surface area contributed by atoms with E-state index in [1.54, 1.807) is 18.6 Å². The van der Waals surface area contributed by atoms with Crippen molar-refractivity contribution in [2.45, 2.75) is 12.8 Å². The number of thiazole rings is 1. The maximum atomic E-state index is 11.6. The molecule has 0 aliphatic rings. The number of ketones is 1. The van der Waals surface area contributed by atoms with Gasteiger partial charge in [0.15, 0.2) is 0 Å². The van der Waals surface area contributed by atoms with Crippen molar-refractivity contribution in [2.24, 2.45) is 0 Å². The molecule has 2 heterocycles. The van der Waals surface area contributed by atoms with E-state index >= 15 is 0 Å². The zero-order valence-electron chi connectivity index (χ0n) is 8.09. The van der Waals surface area contributed by atoms with E-state index in [1.165, 1.54) is 11.3 Å². The van der Waals surface area contributed by atoms with Gasteiger partial charge in [-0.3, -0.25) is 9.78 Å². The van der Waals surface area contributed by atoms with Gasteiger partial charge >= 0.3 is 0 Å². The van der Waals surface area contributed by atoms with Gasteiger partial charge in [-0.2, -0.15) is 0 Å². The monoisotopic (exact) mass is 218 g/mol. The first kappa shape index (κ1) is 9.98. The summed E-state index contributed by atoms with van der Waals surface area (Å²) >= 11 is 1.52. The highest BCUT2D eigenvalue weighted by molar-refractivity contribution is 7.09. The fourth-order valence-corrected chi connectivity index (χ4v) is 1.94. The largest absolute Gasteiger partial charge is 0.299 e. The van der Waals surface area contributed by atoms with Crippen molar-refractivity contribution < 1.29 is 4.79 Å². The van der Waals surface area contributed by atoms with E-state index in [4.69, 9.17) is 0 Å². The zero-order valence-corrected chi connectivity index (χ0v) is 8.91. The van der Waals surface area contributed by atoms with Gasteiger partial charge in [0.05, 0.1) is 11.4 Å². The molecule has 0 aromatic carbocycles. The molecular weight excluding hydrogens is 208 g/mol. The summed E-state index contributed by atoms with van der Waals surface area (Å²) in [6.07, 6.45) is 6.01. The molecule has 4 heteroatoms. The normalized spacial score (nSPS) is 10.1. The van der Waals surface area contributed by atoms with E-state index in [1.807, 2.05) is 17.5 Å². The summed E-state index contributed by atoms with van der Waals surface area (Å²) in [6.45, 7) is 0. The third-order valence-corrected chi connectivity index (χ3v) is 2.76. The molecule has 0 saturated carbocycles. The number of hydrogen-bond donors (Lipinski definition) is 0. The van der Waals surface area contributed by atoms with Crippen molar-refractivity contribution >= 4 is 17.1 Å². The summed E-state index contributed by atoms with van der Waals surface area (Å²) in [4.78, 5) is 19.6. The van der Waals surface area contributed by atoms with Crippen molar-refractivity contribution in [1.29, 1.82) is 0 Å². The molecule has 2 rings (SSSR count). The highest BCUT2D eigenvalue weighted by Crippen LogP contribution is 2.07. The van der Waals surface area contributed by atoms with E-state index in [2.05, 4.69) is 9.97 Å². The molecule has 0 atom stereocenters. The van der Waals surface area contributed by atoms with Crippen LogP contribution in [-0.4, -0.2) is 15.8 Å². The van der Waals surface area contributed by atoms with Crippen LogP contribution in [0.15, 0.2) is 36.1 Å². The fraction of sp³-hybridized carbons (Fsp3) is 0.182. The van der Waals surface area contributed by atoms with E-state index in [0.717, 1.165) is 10.6 Å². The van der Waals surface area contributed by atoms with Crippen LogP contribution in [0.4, 0.5) is 0 Å². The quantitative estimate of drug-likeness (QED) is 0.787. The Morgan fingerprint density at radius 3 is 2.67 bits per heavy atom. The molecule has 0 bridgehead atoms. The van der Waals surface area contributed by atoms with E-state index < -0.39 is 0 Å². The second-order valence-corrected chi connectivity index (χ2v) is 4.15. The number of nitrogens with zero attached hydrogens (tertiary/aromatic N) is 2. The number of hydrogen-bond acceptors (Lipinski definition) is 4. The molecular formula is C11H10N2OS. The second kappa shape index (κ2) is 4.79. The molecule has 0 radical (unpaired) electrons. The molecule has 15 heavy (non-hydrogen) atoms. The summed E-state index contributed by atoms with van der Waals surface area (Å²) in [6, 6.07) is 3.72. The van der Waals surface area contributed by atoms with Crippen LogP contribution in [0.1, 0.15) is 10.6 Å². The summed E-state index contributed by atoms with van der Waals surface area (Å²) in [5, 5.41) is 2.77. The van der Waals surface area contributed by atoms with Crippen LogP contribution < -0.4 is 0 Å². The van der Waals surface area contributed by atoms with Crippen LogP contribution in [0.25, 0.3) is 0 Å². The number of Topliss-reactive ketones (excluding diaryl/α,β-unsaturated/α-hetero) is 1. The van der Waals surface area contributed by atoms with E-state index in [9.17, 15) is 4.79 Å². The molecule has 76 valence electrons. The Kier molecular flexibility index (Phi) is 3.19. The number of rotatable bonds is 4. The molecule has 0 amide bonds. The van der Waals surface area contributed by atoms with Crippen LogP contribution in [-0.2, 0) is 17.6 Å². The summed E-state index contributed by atoms with van der Waals surface area (Å²) in [5.41, 5.74) is 1.01. The third kappa shape index (κ3) is 2.95. The molecule has 2 aromatic rings. The van der Waals surface area contributed by atoms with Gasteiger partial charge in [0.2, 0.25) is 0 Å². The van der Waals surface area contributed by atoms with Gasteiger partial charge in [-0.05, 0) is 17.7 Å². The van der Waals surface area contributed by atoms with E-state index in [0.29, 0.717) is 12.8 Å². The van der Waals surface area contributed by atoms with Gasteiger partial charge in [0, 0.05) is 30.4 Å². The average Bonchev–Trinajstić information content (AvgIpc) is 2.71. The summed E-state index contributed by atoms with van der Waals surface area (Å²) < 4.78 is 0. The van der Waals surface area contributed by atoms with Gasteiger partial charge in [-0.25, -0.2) is 4.98 Å². The molecule has 3 nitrogen and oxygen atoms in total. The number of aromatic nitrogens is 2. The van der Waals surface area contributed by atoms with Gasteiger partial charge in [-0.1, -0.05) is 0 Å². The molecule has 0 fully saturated rings. The lowest BCUT2D eigenvalue weighted by Crippen LogP contribution is -2.06. The maximum absolute atomic E-state index is 11.6. The molecule has 0 unspecified atom stereocenters. The minimum atomic E-state index is 0.191. The standard InChI is InChI=1S/C11H10N2OS/c14-10(8-11-13-5-6-15-11)7-9-1-3-12-4-2-9/h1-6H,7-8H2.